The Bertz CT molecular complexity index is 1010. The number of anilines is 1. The lowest BCUT2D eigenvalue weighted by molar-refractivity contribution is -0.117. The highest BCUT2D eigenvalue weighted by molar-refractivity contribution is 7.89. The van der Waals surface area contributed by atoms with Crippen LogP contribution in [0.1, 0.15) is 22.5 Å². The minimum atomic E-state index is -3.45. The van der Waals surface area contributed by atoms with E-state index in [1.54, 1.807) is 12.1 Å². The summed E-state index contributed by atoms with van der Waals surface area (Å²) in [5, 5.41) is 4.72. The number of thiophene rings is 1. The van der Waals surface area contributed by atoms with Crippen molar-refractivity contribution in [2.45, 2.75) is 17.7 Å². The molecule has 2 aliphatic rings. The Labute approximate surface area is 186 Å². The van der Waals surface area contributed by atoms with Crippen molar-refractivity contribution in [3.8, 4) is 0 Å². The van der Waals surface area contributed by atoms with Gasteiger partial charge in [-0.25, -0.2) is 8.42 Å². The zero-order valence-corrected chi connectivity index (χ0v) is 18.8. The number of amides is 2. The number of piperazine rings is 1. The molecule has 4 rings (SSSR count). The maximum Gasteiger partial charge on any atom is 0.264 e. The van der Waals surface area contributed by atoms with Crippen molar-refractivity contribution in [3.63, 3.8) is 0 Å². The molecule has 2 aliphatic heterocycles. The van der Waals surface area contributed by atoms with E-state index < -0.39 is 10.0 Å². The number of carbonyl (C=O) groups is 2. The predicted octanol–water partition coefficient (Wildman–Crippen LogP) is 1.93. The molecule has 166 valence electrons. The van der Waals surface area contributed by atoms with Gasteiger partial charge in [-0.15, -0.1) is 11.3 Å². The van der Waals surface area contributed by atoms with E-state index in [1.165, 1.54) is 27.8 Å². The van der Waals surface area contributed by atoms with Gasteiger partial charge in [-0.2, -0.15) is 4.31 Å². The zero-order valence-electron chi connectivity index (χ0n) is 17.2. The van der Waals surface area contributed by atoms with Gasteiger partial charge in [0.05, 0.1) is 16.3 Å². The molecule has 0 spiro atoms. The lowest BCUT2D eigenvalue weighted by Crippen LogP contribution is -2.50. The van der Waals surface area contributed by atoms with Gasteiger partial charge in [0.15, 0.2) is 0 Å². The zero-order chi connectivity index (χ0) is 21.8. The molecule has 31 heavy (non-hydrogen) atoms. The first-order chi connectivity index (χ1) is 14.9. The molecule has 0 saturated carbocycles. The average Bonchev–Trinajstić information content (AvgIpc) is 3.49. The van der Waals surface area contributed by atoms with E-state index in [4.69, 9.17) is 0 Å². The quantitative estimate of drug-likeness (QED) is 0.709. The minimum absolute atomic E-state index is 0.0445. The number of carbonyl (C=O) groups excluding carboxylic acids is 2. The summed E-state index contributed by atoms with van der Waals surface area (Å²) in [5.74, 6) is -0.115. The molecule has 1 N–H and O–H groups in total. The summed E-state index contributed by atoms with van der Waals surface area (Å²) in [5.41, 5.74) is 0.567. The fraction of sp³-hybridized carbons (Fsp3) is 0.429. The van der Waals surface area contributed by atoms with Gasteiger partial charge in [0.1, 0.15) is 0 Å². The topological polar surface area (TPSA) is 90.0 Å². The number of hydrogen-bond acceptors (Lipinski definition) is 6. The second-order valence-electron chi connectivity index (χ2n) is 7.73. The van der Waals surface area contributed by atoms with Gasteiger partial charge in [0.2, 0.25) is 15.9 Å². The second kappa shape index (κ2) is 9.47. The fourth-order valence-electron chi connectivity index (χ4n) is 3.86. The predicted molar refractivity (Wildman–Crippen MR) is 120 cm³/mol. The molecule has 3 heterocycles. The Kier molecular flexibility index (Phi) is 6.71. The Morgan fingerprint density at radius 2 is 1.61 bits per heavy atom. The fourth-order valence-corrected chi connectivity index (χ4v) is 6.06. The van der Waals surface area contributed by atoms with Gasteiger partial charge in [0, 0.05) is 45.0 Å². The second-order valence-corrected chi connectivity index (χ2v) is 10.6. The van der Waals surface area contributed by atoms with E-state index in [0.29, 0.717) is 45.0 Å². The molecule has 1 aromatic carbocycles. The third-order valence-electron chi connectivity index (χ3n) is 5.60. The van der Waals surface area contributed by atoms with Crippen molar-refractivity contribution in [1.82, 2.24) is 14.1 Å². The summed E-state index contributed by atoms with van der Waals surface area (Å²) < 4.78 is 26.7. The van der Waals surface area contributed by atoms with Crippen LogP contribution in [-0.4, -0.2) is 80.2 Å². The van der Waals surface area contributed by atoms with Crippen LogP contribution in [0.2, 0.25) is 0 Å². The van der Waals surface area contributed by atoms with Crippen LogP contribution in [0.4, 0.5) is 5.69 Å². The third kappa shape index (κ3) is 5.15. The minimum Gasteiger partial charge on any atom is -0.335 e. The standard InChI is InChI=1S/C21H26N4O4S2/c26-20(16-23-11-13-24(14-12-23)21(27)19-4-3-15-30-19)22-17-5-7-18(8-6-17)31(28,29)25-9-1-2-10-25/h3-8,15H,1-2,9-14,16H2,(H,22,26). The molecule has 0 radical (unpaired) electrons. The normalized spacial score (nSPS) is 18.3. The van der Waals surface area contributed by atoms with Crippen LogP contribution in [0.3, 0.4) is 0 Å². The molecule has 2 aromatic rings. The van der Waals surface area contributed by atoms with E-state index in [0.717, 1.165) is 17.7 Å². The Balaban J connectivity index is 1.26. The molecule has 0 aliphatic carbocycles. The van der Waals surface area contributed by atoms with Crippen LogP contribution in [0.25, 0.3) is 0 Å². The van der Waals surface area contributed by atoms with Crippen molar-refractivity contribution >= 4 is 38.9 Å². The summed E-state index contributed by atoms with van der Waals surface area (Å²) >= 11 is 1.44. The summed E-state index contributed by atoms with van der Waals surface area (Å²) in [6.45, 7) is 3.81. The smallest absolute Gasteiger partial charge is 0.264 e. The number of rotatable bonds is 6. The average molecular weight is 463 g/mol. The molecular weight excluding hydrogens is 436 g/mol. The lowest BCUT2D eigenvalue weighted by atomic mass is 10.2. The molecule has 0 bridgehead atoms. The number of hydrogen-bond donors (Lipinski definition) is 1. The first-order valence-corrected chi connectivity index (χ1v) is 12.7. The largest absolute Gasteiger partial charge is 0.335 e. The van der Waals surface area contributed by atoms with Crippen molar-refractivity contribution in [1.29, 1.82) is 0 Å². The first kappa shape index (κ1) is 21.9. The van der Waals surface area contributed by atoms with Crippen molar-refractivity contribution in [3.05, 3.63) is 46.7 Å². The lowest BCUT2D eigenvalue weighted by Gasteiger charge is -2.34. The van der Waals surface area contributed by atoms with E-state index in [2.05, 4.69) is 5.32 Å². The van der Waals surface area contributed by atoms with E-state index >= 15 is 0 Å². The van der Waals surface area contributed by atoms with Gasteiger partial charge in [-0.3, -0.25) is 14.5 Å². The SMILES string of the molecule is O=C(CN1CCN(C(=O)c2cccs2)CC1)Nc1ccc(S(=O)(=O)N2CCCC2)cc1. The van der Waals surface area contributed by atoms with Crippen molar-refractivity contribution in [2.24, 2.45) is 0 Å². The molecular formula is C21H26N4O4S2. The van der Waals surface area contributed by atoms with Gasteiger partial charge in [0.25, 0.3) is 5.91 Å². The van der Waals surface area contributed by atoms with Crippen molar-refractivity contribution in [2.75, 3.05) is 51.1 Å². The van der Waals surface area contributed by atoms with Crippen LogP contribution in [0.5, 0.6) is 0 Å². The highest BCUT2D eigenvalue weighted by atomic mass is 32.2. The number of nitrogens with one attached hydrogen (secondary N) is 1. The summed E-state index contributed by atoms with van der Waals surface area (Å²) in [6.07, 6.45) is 1.79. The summed E-state index contributed by atoms with van der Waals surface area (Å²) in [4.78, 5) is 29.6. The highest BCUT2D eigenvalue weighted by Crippen LogP contribution is 2.22. The first-order valence-electron chi connectivity index (χ1n) is 10.4. The van der Waals surface area contributed by atoms with E-state index in [-0.39, 0.29) is 23.3 Å². The Morgan fingerprint density at radius 3 is 2.23 bits per heavy atom. The molecule has 2 fully saturated rings. The molecule has 2 saturated heterocycles. The number of sulfonamides is 1. The van der Waals surface area contributed by atoms with Crippen LogP contribution in [-0.2, 0) is 14.8 Å². The van der Waals surface area contributed by atoms with Crippen molar-refractivity contribution < 1.29 is 18.0 Å². The Morgan fingerprint density at radius 1 is 0.935 bits per heavy atom. The van der Waals surface area contributed by atoms with E-state index in [1.807, 2.05) is 27.3 Å². The van der Waals surface area contributed by atoms with Gasteiger partial charge in [-0.1, -0.05) is 6.07 Å². The van der Waals surface area contributed by atoms with Gasteiger partial charge < -0.3 is 10.2 Å². The summed E-state index contributed by atoms with van der Waals surface area (Å²) in [6, 6.07) is 10.0. The van der Waals surface area contributed by atoms with E-state index in [9.17, 15) is 18.0 Å². The van der Waals surface area contributed by atoms with Crippen LogP contribution in [0, 0.1) is 0 Å². The summed E-state index contributed by atoms with van der Waals surface area (Å²) in [7, 11) is -3.45. The van der Waals surface area contributed by atoms with Crippen LogP contribution < -0.4 is 5.32 Å². The number of nitrogens with zero attached hydrogens (tertiary/aromatic N) is 3. The maximum absolute atomic E-state index is 12.6. The van der Waals surface area contributed by atoms with Gasteiger partial charge in [-0.05, 0) is 48.6 Å². The third-order valence-corrected chi connectivity index (χ3v) is 8.37. The van der Waals surface area contributed by atoms with Crippen LogP contribution in [0.15, 0.2) is 46.7 Å². The molecule has 1 aromatic heterocycles. The molecule has 2 amide bonds. The molecule has 0 atom stereocenters. The molecule has 8 nitrogen and oxygen atoms in total. The number of benzene rings is 1. The van der Waals surface area contributed by atoms with Gasteiger partial charge >= 0.3 is 0 Å². The Hall–Kier alpha value is -2.27. The van der Waals surface area contributed by atoms with Crippen LogP contribution >= 0.6 is 11.3 Å². The molecule has 10 heteroatoms. The highest BCUT2D eigenvalue weighted by Gasteiger charge is 2.27. The maximum atomic E-state index is 12.6. The monoisotopic (exact) mass is 462 g/mol. The molecule has 0 unspecified atom stereocenters.